The standard InChI is InChI=1S/C20H20N6O/c1-12-24-16-5-3-13(6-7-20(27)10-14-2-4-15(20)8-14)9-17(16)26(12)19-23-11-22-18(21)25-19/h3,5,9,11,14-15,27H,2,4,8,10H2,1H3,(H2,21,22,23,25). The number of hydrogen-bond donors (Lipinski definition) is 2. The number of aryl methyl sites for hydroxylation is 1. The molecule has 7 nitrogen and oxygen atoms in total. The molecule has 0 spiro atoms. The van der Waals surface area contributed by atoms with Crippen molar-refractivity contribution in [1.29, 1.82) is 0 Å². The lowest BCUT2D eigenvalue weighted by Crippen LogP contribution is -2.33. The van der Waals surface area contributed by atoms with Gasteiger partial charge in [-0.1, -0.05) is 11.8 Å². The van der Waals surface area contributed by atoms with Crippen LogP contribution in [0.25, 0.3) is 17.0 Å². The minimum atomic E-state index is -0.837. The van der Waals surface area contributed by atoms with Gasteiger partial charge in [0.2, 0.25) is 11.9 Å². The topological polar surface area (TPSA) is 103 Å². The van der Waals surface area contributed by atoms with Crippen molar-refractivity contribution in [3.8, 4) is 17.8 Å². The summed E-state index contributed by atoms with van der Waals surface area (Å²) in [4.78, 5) is 16.8. The maximum absolute atomic E-state index is 10.9. The Hall–Kier alpha value is -2.98. The molecular weight excluding hydrogens is 340 g/mol. The van der Waals surface area contributed by atoms with E-state index in [1.807, 2.05) is 29.7 Å². The predicted octanol–water partition coefficient (Wildman–Crippen LogP) is 2.00. The molecule has 2 aromatic heterocycles. The van der Waals surface area contributed by atoms with Gasteiger partial charge in [0.15, 0.2) is 0 Å². The molecule has 2 heterocycles. The Morgan fingerprint density at radius 1 is 1.26 bits per heavy atom. The molecule has 3 atom stereocenters. The zero-order valence-electron chi connectivity index (χ0n) is 15.1. The van der Waals surface area contributed by atoms with Gasteiger partial charge in [-0.2, -0.15) is 4.98 Å². The number of anilines is 1. The average Bonchev–Trinajstić information content (AvgIpc) is 3.31. The second-order valence-corrected chi connectivity index (χ2v) is 7.60. The van der Waals surface area contributed by atoms with E-state index in [1.165, 1.54) is 12.7 Å². The second kappa shape index (κ2) is 5.76. The highest BCUT2D eigenvalue weighted by Crippen LogP contribution is 2.50. The molecule has 136 valence electrons. The Labute approximate surface area is 156 Å². The summed E-state index contributed by atoms with van der Waals surface area (Å²) < 4.78 is 1.84. The van der Waals surface area contributed by atoms with Gasteiger partial charge in [0, 0.05) is 5.56 Å². The van der Waals surface area contributed by atoms with E-state index in [0.717, 1.165) is 41.7 Å². The number of benzene rings is 1. The summed E-state index contributed by atoms with van der Waals surface area (Å²) in [5, 5.41) is 10.9. The molecule has 0 amide bonds. The summed E-state index contributed by atoms with van der Waals surface area (Å²) in [7, 11) is 0. The monoisotopic (exact) mass is 360 g/mol. The van der Waals surface area contributed by atoms with Gasteiger partial charge in [-0.05, 0) is 62.6 Å². The minimum Gasteiger partial charge on any atom is -0.377 e. The summed E-state index contributed by atoms with van der Waals surface area (Å²) in [6.07, 6.45) is 5.61. The van der Waals surface area contributed by atoms with Crippen LogP contribution in [0.5, 0.6) is 0 Å². The molecule has 5 rings (SSSR count). The third-order valence-electron chi connectivity index (χ3n) is 5.84. The van der Waals surface area contributed by atoms with Crippen molar-refractivity contribution in [1.82, 2.24) is 24.5 Å². The van der Waals surface area contributed by atoms with Crippen LogP contribution in [0.4, 0.5) is 5.95 Å². The number of aromatic nitrogens is 5. The van der Waals surface area contributed by atoms with E-state index >= 15 is 0 Å². The molecule has 7 heteroatoms. The Balaban J connectivity index is 1.56. The van der Waals surface area contributed by atoms with Crippen molar-refractivity contribution < 1.29 is 5.11 Å². The van der Waals surface area contributed by atoms with Crippen LogP contribution in [-0.2, 0) is 0 Å². The highest BCUT2D eigenvalue weighted by molar-refractivity contribution is 5.79. The minimum absolute atomic E-state index is 0.163. The van der Waals surface area contributed by atoms with Gasteiger partial charge in [0.05, 0.1) is 11.0 Å². The number of fused-ring (bicyclic) bond motifs is 3. The number of rotatable bonds is 1. The van der Waals surface area contributed by atoms with E-state index in [4.69, 9.17) is 5.73 Å². The van der Waals surface area contributed by atoms with Crippen LogP contribution in [0.1, 0.15) is 37.1 Å². The molecule has 2 saturated carbocycles. The van der Waals surface area contributed by atoms with Gasteiger partial charge >= 0.3 is 0 Å². The first-order valence-electron chi connectivity index (χ1n) is 9.21. The molecule has 3 unspecified atom stereocenters. The van der Waals surface area contributed by atoms with E-state index in [1.54, 1.807) is 0 Å². The fourth-order valence-electron chi connectivity index (χ4n) is 4.57. The van der Waals surface area contributed by atoms with E-state index < -0.39 is 5.60 Å². The van der Waals surface area contributed by atoms with Crippen LogP contribution >= 0.6 is 0 Å². The third kappa shape index (κ3) is 2.64. The summed E-state index contributed by atoms with van der Waals surface area (Å²) in [5.41, 5.74) is 7.38. The average molecular weight is 360 g/mol. The Morgan fingerprint density at radius 2 is 2.15 bits per heavy atom. The highest BCUT2D eigenvalue weighted by Gasteiger charge is 2.49. The van der Waals surface area contributed by atoms with Gasteiger partial charge in [0.1, 0.15) is 17.8 Å². The Bertz CT molecular complexity index is 1110. The zero-order valence-corrected chi connectivity index (χ0v) is 15.1. The van der Waals surface area contributed by atoms with E-state index in [2.05, 4.69) is 31.8 Å². The predicted molar refractivity (Wildman–Crippen MR) is 101 cm³/mol. The summed E-state index contributed by atoms with van der Waals surface area (Å²) in [5.74, 6) is 8.65. The lowest BCUT2D eigenvalue weighted by Gasteiger charge is -2.26. The molecule has 2 fully saturated rings. The molecule has 2 aliphatic rings. The Kier molecular flexibility index (Phi) is 3.46. The van der Waals surface area contributed by atoms with E-state index in [-0.39, 0.29) is 5.95 Å². The largest absolute Gasteiger partial charge is 0.377 e. The number of nitrogens with two attached hydrogens (primary N) is 1. The second-order valence-electron chi connectivity index (χ2n) is 7.60. The highest BCUT2D eigenvalue weighted by atomic mass is 16.3. The number of nitrogens with zero attached hydrogens (tertiary/aromatic N) is 5. The van der Waals surface area contributed by atoms with Crippen LogP contribution in [-0.4, -0.2) is 35.2 Å². The van der Waals surface area contributed by atoms with E-state index in [0.29, 0.717) is 17.8 Å². The maximum atomic E-state index is 10.9. The van der Waals surface area contributed by atoms with E-state index in [9.17, 15) is 5.11 Å². The zero-order chi connectivity index (χ0) is 18.6. The summed E-state index contributed by atoms with van der Waals surface area (Å²) >= 11 is 0. The van der Waals surface area contributed by atoms with Crippen molar-refractivity contribution in [3.63, 3.8) is 0 Å². The van der Waals surface area contributed by atoms with Gasteiger partial charge < -0.3 is 10.8 Å². The molecule has 27 heavy (non-hydrogen) atoms. The number of imidazole rings is 1. The number of aliphatic hydroxyl groups is 1. The molecule has 0 saturated heterocycles. The van der Waals surface area contributed by atoms with Gasteiger partial charge in [0.25, 0.3) is 0 Å². The molecular formula is C20H20N6O. The third-order valence-corrected chi connectivity index (χ3v) is 5.84. The summed E-state index contributed by atoms with van der Waals surface area (Å²) in [6.45, 7) is 1.89. The number of nitrogen functional groups attached to an aromatic ring is 1. The lowest BCUT2D eigenvalue weighted by atomic mass is 9.84. The van der Waals surface area contributed by atoms with Crippen molar-refractivity contribution in [2.24, 2.45) is 11.8 Å². The fraction of sp³-hybridized carbons (Fsp3) is 0.400. The quantitative estimate of drug-likeness (QED) is 0.644. The van der Waals surface area contributed by atoms with Crippen molar-refractivity contribution in [3.05, 3.63) is 35.9 Å². The molecule has 0 aliphatic heterocycles. The molecule has 1 aromatic carbocycles. The lowest BCUT2D eigenvalue weighted by molar-refractivity contribution is 0.0438. The van der Waals surface area contributed by atoms with Crippen molar-refractivity contribution in [2.45, 2.75) is 38.2 Å². The van der Waals surface area contributed by atoms with Gasteiger partial charge in [-0.15, -0.1) is 0 Å². The molecule has 3 aromatic rings. The summed E-state index contributed by atoms with van der Waals surface area (Å²) in [6, 6.07) is 5.82. The first kappa shape index (κ1) is 16.2. The first-order valence-corrected chi connectivity index (χ1v) is 9.21. The fourth-order valence-corrected chi connectivity index (χ4v) is 4.57. The molecule has 2 aliphatic carbocycles. The van der Waals surface area contributed by atoms with Gasteiger partial charge in [-0.25, -0.2) is 15.0 Å². The number of hydrogen-bond acceptors (Lipinski definition) is 6. The molecule has 2 bridgehead atoms. The van der Waals surface area contributed by atoms with Crippen LogP contribution < -0.4 is 5.73 Å². The van der Waals surface area contributed by atoms with Gasteiger partial charge in [-0.3, -0.25) is 4.57 Å². The van der Waals surface area contributed by atoms with Crippen LogP contribution in [0, 0.1) is 30.6 Å². The van der Waals surface area contributed by atoms with Crippen LogP contribution in [0.15, 0.2) is 24.5 Å². The SMILES string of the molecule is Cc1nc2ccc(C#CC3(O)CC4CCC3C4)cc2n1-c1ncnc(N)n1. The van der Waals surface area contributed by atoms with Crippen molar-refractivity contribution in [2.75, 3.05) is 5.73 Å². The Morgan fingerprint density at radius 3 is 2.89 bits per heavy atom. The first-order chi connectivity index (χ1) is 13.0. The molecule has 3 N–H and O–H groups in total. The van der Waals surface area contributed by atoms with Crippen LogP contribution in [0.3, 0.4) is 0 Å². The van der Waals surface area contributed by atoms with Crippen molar-refractivity contribution >= 4 is 17.0 Å². The van der Waals surface area contributed by atoms with Crippen LogP contribution in [0.2, 0.25) is 0 Å². The smallest absolute Gasteiger partial charge is 0.240 e. The molecule has 0 radical (unpaired) electrons. The maximum Gasteiger partial charge on any atom is 0.240 e. The normalized spacial score (nSPS) is 26.3.